The van der Waals surface area contributed by atoms with Crippen molar-refractivity contribution in [3.8, 4) is 0 Å². The molecule has 1 unspecified atom stereocenters. The van der Waals surface area contributed by atoms with Crippen molar-refractivity contribution in [2.24, 2.45) is 0 Å². The molecule has 0 saturated carbocycles. The molecule has 0 bridgehead atoms. The normalized spacial score (nSPS) is 12.7. The van der Waals surface area contributed by atoms with Gasteiger partial charge in [-0.25, -0.2) is 4.98 Å². The third-order valence-corrected chi connectivity index (χ3v) is 4.59. The highest BCUT2D eigenvalue weighted by Gasteiger charge is 2.12. The Hall–Kier alpha value is -1.42. The Morgan fingerprint density at radius 1 is 1.05 bits per heavy atom. The van der Waals surface area contributed by atoms with Crippen LogP contribution in [0.2, 0.25) is 5.02 Å². The van der Waals surface area contributed by atoms with Crippen molar-refractivity contribution >= 4 is 33.2 Å². The van der Waals surface area contributed by atoms with Gasteiger partial charge in [0.15, 0.2) is 0 Å². The van der Waals surface area contributed by atoms with Crippen LogP contribution in [0, 0.1) is 0 Å². The van der Waals surface area contributed by atoms with Gasteiger partial charge in [-0.3, -0.25) is 0 Å². The molecule has 1 N–H and O–H groups in total. The highest BCUT2D eigenvalue weighted by Crippen LogP contribution is 2.24. The van der Waals surface area contributed by atoms with Crippen molar-refractivity contribution in [1.29, 1.82) is 0 Å². The van der Waals surface area contributed by atoms with Crippen LogP contribution in [-0.4, -0.2) is 16.2 Å². The molecular formula is C16H14ClNOS. The van der Waals surface area contributed by atoms with Gasteiger partial charge in [-0.2, -0.15) is 0 Å². The average Bonchev–Trinajstić information content (AvgIpc) is 2.83. The standard InChI is InChI=1S/C16H14ClNOS/c17-13-6-2-1-5-11(13)9-12(19)10-16-18-14-7-3-4-8-15(14)20-16/h1-8,12,19H,9-10H2. The SMILES string of the molecule is OC(Cc1nc2ccccc2s1)Cc1ccccc1Cl. The summed E-state index contributed by atoms with van der Waals surface area (Å²) in [5.41, 5.74) is 1.97. The first kappa shape index (κ1) is 13.6. The molecule has 1 aromatic heterocycles. The first-order valence-electron chi connectivity index (χ1n) is 6.48. The minimum Gasteiger partial charge on any atom is -0.392 e. The number of aromatic nitrogens is 1. The van der Waals surface area contributed by atoms with Crippen LogP contribution in [0.5, 0.6) is 0 Å². The summed E-state index contributed by atoms with van der Waals surface area (Å²) in [5, 5.41) is 11.9. The molecule has 102 valence electrons. The minimum absolute atomic E-state index is 0.463. The van der Waals surface area contributed by atoms with E-state index in [0.717, 1.165) is 20.8 Å². The third kappa shape index (κ3) is 3.01. The van der Waals surface area contributed by atoms with Gasteiger partial charge in [-0.05, 0) is 23.8 Å². The predicted octanol–water partition coefficient (Wildman–Crippen LogP) is 4.10. The summed E-state index contributed by atoms with van der Waals surface area (Å²) in [7, 11) is 0. The first-order chi connectivity index (χ1) is 9.72. The summed E-state index contributed by atoms with van der Waals surface area (Å²) in [6.45, 7) is 0. The molecule has 2 aromatic carbocycles. The number of halogens is 1. The van der Waals surface area contributed by atoms with Crippen LogP contribution in [0.1, 0.15) is 10.6 Å². The number of para-hydroxylation sites is 1. The molecule has 0 aliphatic heterocycles. The van der Waals surface area contributed by atoms with E-state index in [4.69, 9.17) is 11.6 Å². The maximum absolute atomic E-state index is 10.2. The van der Waals surface area contributed by atoms with Gasteiger partial charge < -0.3 is 5.11 Å². The van der Waals surface area contributed by atoms with Crippen LogP contribution in [-0.2, 0) is 12.8 Å². The molecule has 4 heteroatoms. The lowest BCUT2D eigenvalue weighted by Crippen LogP contribution is -2.14. The fourth-order valence-corrected chi connectivity index (χ4v) is 3.45. The number of hydrogen-bond donors (Lipinski definition) is 1. The summed E-state index contributed by atoms with van der Waals surface area (Å²) in [6.07, 6.45) is 0.649. The molecule has 0 saturated heterocycles. The summed E-state index contributed by atoms with van der Waals surface area (Å²) in [4.78, 5) is 4.54. The van der Waals surface area contributed by atoms with E-state index in [-0.39, 0.29) is 0 Å². The lowest BCUT2D eigenvalue weighted by molar-refractivity contribution is 0.175. The van der Waals surface area contributed by atoms with Crippen molar-refractivity contribution in [3.63, 3.8) is 0 Å². The summed E-state index contributed by atoms with van der Waals surface area (Å²) >= 11 is 7.75. The smallest absolute Gasteiger partial charge is 0.0964 e. The van der Waals surface area contributed by atoms with Gasteiger partial charge in [0, 0.05) is 17.9 Å². The molecule has 3 rings (SSSR count). The molecular weight excluding hydrogens is 290 g/mol. The number of aliphatic hydroxyl groups is 1. The van der Waals surface area contributed by atoms with E-state index in [1.165, 1.54) is 0 Å². The molecule has 0 aliphatic rings. The van der Waals surface area contributed by atoms with E-state index in [0.29, 0.717) is 17.9 Å². The number of thiazole rings is 1. The molecule has 0 fully saturated rings. The Kier molecular flexibility index (Phi) is 4.01. The van der Waals surface area contributed by atoms with E-state index >= 15 is 0 Å². The molecule has 0 aliphatic carbocycles. The molecule has 1 heterocycles. The lowest BCUT2D eigenvalue weighted by Gasteiger charge is -2.09. The van der Waals surface area contributed by atoms with Crippen LogP contribution in [0.4, 0.5) is 0 Å². The molecule has 3 aromatic rings. The van der Waals surface area contributed by atoms with Gasteiger partial charge in [0.1, 0.15) is 0 Å². The average molecular weight is 304 g/mol. The molecule has 20 heavy (non-hydrogen) atoms. The molecule has 0 amide bonds. The monoisotopic (exact) mass is 303 g/mol. The Balaban J connectivity index is 1.72. The number of nitrogens with zero attached hydrogens (tertiary/aromatic N) is 1. The van der Waals surface area contributed by atoms with Crippen molar-refractivity contribution < 1.29 is 5.11 Å². The molecule has 1 atom stereocenters. The second-order valence-electron chi connectivity index (χ2n) is 4.73. The van der Waals surface area contributed by atoms with E-state index in [9.17, 15) is 5.11 Å². The lowest BCUT2D eigenvalue weighted by atomic mass is 10.1. The zero-order valence-corrected chi connectivity index (χ0v) is 12.4. The minimum atomic E-state index is -0.463. The van der Waals surface area contributed by atoms with Crippen LogP contribution in [0.3, 0.4) is 0 Å². The highest BCUT2D eigenvalue weighted by atomic mass is 35.5. The zero-order chi connectivity index (χ0) is 13.9. The molecule has 0 radical (unpaired) electrons. The van der Waals surface area contributed by atoms with Gasteiger partial charge >= 0.3 is 0 Å². The number of rotatable bonds is 4. The first-order valence-corrected chi connectivity index (χ1v) is 7.68. The Morgan fingerprint density at radius 2 is 1.80 bits per heavy atom. The Bertz CT molecular complexity index is 692. The number of fused-ring (bicyclic) bond motifs is 1. The second-order valence-corrected chi connectivity index (χ2v) is 6.25. The van der Waals surface area contributed by atoms with E-state index in [1.54, 1.807) is 11.3 Å². The van der Waals surface area contributed by atoms with E-state index < -0.39 is 6.10 Å². The van der Waals surface area contributed by atoms with Gasteiger partial charge in [-0.1, -0.05) is 41.9 Å². The van der Waals surface area contributed by atoms with Crippen molar-refractivity contribution in [2.75, 3.05) is 0 Å². The van der Waals surface area contributed by atoms with E-state index in [2.05, 4.69) is 11.1 Å². The summed E-state index contributed by atoms with van der Waals surface area (Å²) < 4.78 is 1.16. The van der Waals surface area contributed by atoms with E-state index in [1.807, 2.05) is 42.5 Å². The second kappa shape index (κ2) is 5.92. The topological polar surface area (TPSA) is 33.1 Å². The van der Waals surface area contributed by atoms with Gasteiger partial charge in [0.25, 0.3) is 0 Å². The quantitative estimate of drug-likeness (QED) is 0.787. The molecule has 2 nitrogen and oxygen atoms in total. The Morgan fingerprint density at radius 3 is 2.60 bits per heavy atom. The van der Waals surface area contributed by atoms with Crippen LogP contribution in [0.25, 0.3) is 10.2 Å². The number of benzene rings is 2. The van der Waals surface area contributed by atoms with Crippen molar-refractivity contribution in [1.82, 2.24) is 4.98 Å². The third-order valence-electron chi connectivity index (χ3n) is 3.16. The maximum atomic E-state index is 10.2. The van der Waals surface area contributed by atoms with Gasteiger partial charge in [-0.15, -0.1) is 11.3 Å². The largest absolute Gasteiger partial charge is 0.392 e. The van der Waals surface area contributed by atoms with Crippen LogP contribution in [0.15, 0.2) is 48.5 Å². The van der Waals surface area contributed by atoms with Crippen molar-refractivity contribution in [3.05, 3.63) is 64.1 Å². The summed E-state index contributed by atoms with van der Waals surface area (Å²) in [5.74, 6) is 0. The fourth-order valence-electron chi connectivity index (χ4n) is 2.20. The maximum Gasteiger partial charge on any atom is 0.0964 e. The van der Waals surface area contributed by atoms with Gasteiger partial charge in [0.05, 0.1) is 21.3 Å². The number of aliphatic hydroxyl groups excluding tert-OH is 1. The van der Waals surface area contributed by atoms with Crippen LogP contribution >= 0.6 is 22.9 Å². The van der Waals surface area contributed by atoms with Crippen LogP contribution < -0.4 is 0 Å². The highest BCUT2D eigenvalue weighted by molar-refractivity contribution is 7.18. The Labute approximate surface area is 126 Å². The zero-order valence-electron chi connectivity index (χ0n) is 10.8. The predicted molar refractivity (Wildman–Crippen MR) is 84.5 cm³/mol. The summed E-state index contributed by atoms with van der Waals surface area (Å²) in [6, 6.07) is 15.7. The van der Waals surface area contributed by atoms with Gasteiger partial charge in [0.2, 0.25) is 0 Å². The molecule has 0 spiro atoms. The van der Waals surface area contributed by atoms with Crippen molar-refractivity contribution in [2.45, 2.75) is 18.9 Å². The number of hydrogen-bond acceptors (Lipinski definition) is 3. The fraction of sp³-hybridized carbons (Fsp3) is 0.188.